The Labute approximate surface area is 120 Å². The Bertz CT molecular complexity index is 579. The molecule has 1 amide bonds. The molecule has 0 aliphatic rings. The molecule has 2 rings (SSSR count). The summed E-state index contributed by atoms with van der Waals surface area (Å²) in [7, 11) is 0. The van der Waals surface area contributed by atoms with Crippen molar-refractivity contribution in [2.45, 2.75) is 40.7 Å². The number of primary amides is 1. The van der Waals surface area contributed by atoms with Gasteiger partial charge >= 0.3 is 0 Å². The van der Waals surface area contributed by atoms with Gasteiger partial charge in [0.15, 0.2) is 0 Å². The summed E-state index contributed by atoms with van der Waals surface area (Å²) in [6.45, 7) is 8.57. The number of amides is 1. The van der Waals surface area contributed by atoms with E-state index in [1.165, 1.54) is 0 Å². The number of benzene rings is 1. The summed E-state index contributed by atoms with van der Waals surface area (Å²) in [6, 6.07) is 9.62. The Kier molecular flexibility index (Phi) is 8.53. The highest BCUT2D eigenvalue weighted by Crippen LogP contribution is 2.21. The number of nitriles is 1. The van der Waals surface area contributed by atoms with Crippen LogP contribution >= 0.6 is 0 Å². The highest BCUT2D eigenvalue weighted by molar-refractivity contribution is 6.06. The minimum atomic E-state index is -0.438. The quantitative estimate of drug-likeness (QED) is 0.926. The van der Waals surface area contributed by atoms with Crippen molar-refractivity contribution >= 4 is 16.8 Å². The van der Waals surface area contributed by atoms with Gasteiger partial charge in [-0.1, -0.05) is 45.9 Å². The summed E-state index contributed by atoms with van der Waals surface area (Å²) < 4.78 is 1.89. The largest absolute Gasteiger partial charge is 0.366 e. The molecular formula is C16H23N3O. The van der Waals surface area contributed by atoms with Gasteiger partial charge < -0.3 is 10.3 Å². The number of carbonyl (C=O) groups excluding carboxylic acids is 1. The molecule has 4 heteroatoms. The van der Waals surface area contributed by atoms with Gasteiger partial charge in [-0.2, -0.15) is 5.26 Å². The molecular weight excluding hydrogens is 250 g/mol. The van der Waals surface area contributed by atoms with Crippen LogP contribution in [0.3, 0.4) is 0 Å². The molecule has 0 saturated heterocycles. The van der Waals surface area contributed by atoms with Crippen LogP contribution in [-0.4, -0.2) is 10.5 Å². The predicted octanol–water partition coefficient (Wildman–Crippen LogP) is 3.71. The van der Waals surface area contributed by atoms with E-state index in [-0.39, 0.29) is 0 Å². The van der Waals surface area contributed by atoms with Crippen molar-refractivity contribution in [3.63, 3.8) is 0 Å². The lowest BCUT2D eigenvalue weighted by Crippen LogP contribution is -2.10. The molecule has 0 saturated carbocycles. The number of para-hydroxylation sites is 1. The lowest BCUT2D eigenvalue weighted by atomic mass is 10.2. The number of hydrogen-bond acceptors (Lipinski definition) is 2. The fourth-order valence-corrected chi connectivity index (χ4v) is 1.80. The van der Waals surface area contributed by atoms with Crippen LogP contribution in [0.15, 0.2) is 30.5 Å². The van der Waals surface area contributed by atoms with Crippen molar-refractivity contribution in [2.75, 3.05) is 0 Å². The topological polar surface area (TPSA) is 71.8 Å². The maximum atomic E-state index is 11.2. The van der Waals surface area contributed by atoms with Crippen LogP contribution in [0, 0.1) is 11.3 Å². The van der Waals surface area contributed by atoms with E-state index in [1.54, 1.807) is 6.20 Å². The molecule has 1 heterocycles. The number of fused-ring (bicyclic) bond motifs is 1. The summed E-state index contributed by atoms with van der Waals surface area (Å²) in [4.78, 5) is 11.2. The van der Waals surface area contributed by atoms with Crippen molar-refractivity contribution in [3.05, 3.63) is 36.0 Å². The number of rotatable bonds is 3. The van der Waals surface area contributed by atoms with Gasteiger partial charge in [0.25, 0.3) is 5.91 Å². The van der Waals surface area contributed by atoms with Crippen molar-refractivity contribution in [1.82, 2.24) is 4.57 Å². The minimum absolute atomic E-state index is 0.414. The lowest BCUT2D eigenvalue weighted by Gasteiger charge is -2.00. The summed E-state index contributed by atoms with van der Waals surface area (Å²) >= 11 is 0. The molecule has 108 valence electrons. The van der Waals surface area contributed by atoms with Crippen LogP contribution in [0.5, 0.6) is 0 Å². The fraction of sp³-hybridized carbons (Fsp3) is 0.375. The minimum Gasteiger partial charge on any atom is -0.366 e. The van der Waals surface area contributed by atoms with Crippen LogP contribution in [0.4, 0.5) is 0 Å². The first-order chi connectivity index (χ1) is 9.74. The van der Waals surface area contributed by atoms with Gasteiger partial charge in [-0.15, -0.1) is 0 Å². The number of hydrogen-bond donors (Lipinski definition) is 1. The molecule has 2 aromatic rings. The van der Waals surface area contributed by atoms with Crippen molar-refractivity contribution in [2.24, 2.45) is 5.73 Å². The summed E-state index contributed by atoms with van der Waals surface area (Å²) in [5, 5.41) is 9.40. The molecule has 20 heavy (non-hydrogen) atoms. The van der Waals surface area contributed by atoms with Crippen molar-refractivity contribution in [3.8, 4) is 6.07 Å². The second kappa shape index (κ2) is 9.62. The van der Waals surface area contributed by atoms with Gasteiger partial charge in [0, 0.05) is 23.6 Å². The predicted molar refractivity (Wildman–Crippen MR) is 83.4 cm³/mol. The molecule has 0 bridgehead atoms. The van der Waals surface area contributed by atoms with Gasteiger partial charge in [-0.3, -0.25) is 4.79 Å². The molecule has 4 nitrogen and oxygen atoms in total. The average Bonchev–Trinajstić information content (AvgIpc) is 2.88. The van der Waals surface area contributed by atoms with Gasteiger partial charge in [-0.25, -0.2) is 0 Å². The fourth-order valence-electron chi connectivity index (χ4n) is 1.80. The number of carbonyl (C=O) groups is 1. The monoisotopic (exact) mass is 273 g/mol. The average molecular weight is 273 g/mol. The highest BCUT2D eigenvalue weighted by Gasteiger charge is 2.11. The van der Waals surface area contributed by atoms with Crippen LogP contribution in [0.1, 0.15) is 44.5 Å². The van der Waals surface area contributed by atoms with Gasteiger partial charge in [-0.05, 0) is 6.07 Å². The second-order valence-electron chi connectivity index (χ2n) is 3.53. The summed E-state index contributed by atoms with van der Waals surface area (Å²) in [6.07, 6.45) is 2.13. The van der Waals surface area contributed by atoms with Crippen molar-refractivity contribution in [1.29, 1.82) is 5.26 Å². The number of nitrogens with two attached hydrogens (primary N) is 1. The lowest BCUT2D eigenvalue weighted by molar-refractivity contribution is 0.100. The van der Waals surface area contributed by atoms with Crippen molar-refractivity contribution < 1.29 is 4.79 Å². The number of aryl methyl sites for hydroxylation is 1. The van der Waals surface area contributed by atoms with E-state index in [9.17, 15) is 4.79 Å². The Morgan fingerprint density at radius 3 is 2.40 bits per heavy atom. The molecule has 0 aliphatic heterocycles. The molecule has 0 aliphatic carbocycles. The maximum absolute atomic E-state index is 11.2. The van der Waals surface area contributed by atoms with E-state index in [0.717, 1.165) is 10.9 Å². The first kappa shape index (κ1) is 17.7. The molecule has 0 unspecified atom stereocenters. The molecule has 0 fully saturated rings. The highest BCUT2D eigenvalue weighted by atomic mass is 16.1. The SMILES string of the molecule is CC.CC.N#CCCn1cc(C(N)=O)c2ccccc21. The third-order valence-electron chi connectivity index (χ3n) is 2.52. The Hall–Kier alpha value is -2.28. The van der Waals surface area contributed by atoms with E-state index in [4.69, 9.17) is 11.0 Å². The summed E-state index contributed by atoms with van der Waals surface area (Å²) in [5.74, 6) is -0.438. The van der Waals surface area contributed by atoms with E-state index in [1.807, 2.05) is 56.5 Å². The standard InChI is InChI=1S/C12H11N3O.2C2H6/c13-6-3-7-15-8-10(12(14)16)9-4-1-2-5-11(9)15;2*1-2/h1-2,4-5,8H,3,7H2,(H2,14,16);2*1-2H3. The summed E-state index contributed by atoms with van der Waals surface area (Å²) in [5.41, 5.74) is 6.75. The molecule has 2 N–H and O–H groups in total. The number of nitrogens with zero attached hydrogens (tertiary/aromatic N) is 2. The molecule has 0 radical (unpaired) electrons. The zero-order chi connectivity index (χ0) is 15.5. The second-order valence-corrected chi connectivity index (χ2v) is 3.53. The van der Waals surface area contributed by atoms with E-state index < -0.39 is 5.91 Å². The van der Waals surface area contributed by atoms with Gasteiger partial charge in [0.05, 0.1) is 18.1 Å². The smallest absolute Gasteiger partial charge is 0.250 e. The first-order valence-corrected chi connectivity index (χ1v) is 6.98. The third-order valence-corrected chi connectivity index (χ3v) is 2.52. The molecule has 0 atom stereocenters. The first-order valence-electron chi connectivity index (χ1n) is 6.98. The van der Waals surface area contributed by atoms with E-state index >= 15 is 0 Å². The Morgan fingerprint density at radius 2 is 1.85 bits per heavy atom. The van der Waals surface area contributed by atoms with E-state index in [2.05, 4.69) is 6.07 Å². The zero-order valence-corrected chi connectivity index (χ0v) is 12.7. The van der Waals surface area contributed by atoms with Gasteiger partial charge in [0.2, 0.25) is 0 Å². The van der Waals surface area contributed by atoms with Crippen LogP contribution in [0.25, 0.3) is 10.9 Å². The maximum Gasteiger partial charge on any atom is 0.250 e. The molecule has 1 aromatic carbocycles. The van der Waals surface area contributed by atoms with E-state index in [0.29, 0.717) is 18.5 Å². The van der Waals surface area contributed by atoms with Crippen LogP contribution < -0.4 is 5.73 Å². The van der Waals surface area contributed by atoms with Crippen LogP contribution in [0.2, 0.25) is 0 Å². The zero-order valence-electron chi connectivity index (χ0n) is 12.7. The molecule has 1 aromatic heterocycles. The van der Waals surface area contributed by atoms with Crippen LogP contribution in [-0.2, 0) is 6.54 Å². The normalized spacial score (nSPS) is 8.75. The Morgan fingerprint density at radius 1 is 1.25 bits per heavy atom. The van der Waals surface area contributed by atoms with Gasteiger partial charge in [0.1, 0.15) is 0 Å². The molecule has 0 spiro atoms. The Balaban J connectivity index is 0.000000829. The third kappa shape index (κ3) is 4.13. The number of aromatic nitrogens is 1.